The van der Waals surface area contributed by atoms with Gasteiger partial charge in [0.05, 0.1) is 35.8 Å². The fourth-order valence-electron chi connectivity index (χ4n) is 3.23. The van der Waals surface area contributed by atoms with E-state index in [4.69, 9.17) is 13.9 Å². The second-order valence-corrected chi connectivity index (χ2v) is 8.17. The molecule has 4 rings (SSSR count). The van der Waals surface area contributed by atoms with Gasteiger partial charge in [-0.05, 0) is 48.2 Å². The zero-order valence-electron chi connectivity index (χ0n) is 18.5. The van der Waals surface area contributed by atoms with E-state index in [1.165, 1.54) is 23.9 Å². The summed E-state index contributed by atoms with van der Waals surface area (Å²) >= 11 is 1.24. The molecule has 1 aliphatic heterocycles. The van der Waals surface area contributed by atoms with Crippen molar-refractivity contribution in [2.45, 2.75) is 0 Å². The van der Waals surface area contributed by atoms with Crippen molar-refractivity contribution in [2.75, 3.05) is 27.4 Å². The van der Waals surface area contributed by atoms with Gasteiger partial charge in [-0.15, -0.1) is 0 Å². The Bertz CT molecular complexity index is 1270. The van der Waals surface area contributed by atoms with E-state index in [0.29, 0.717) is 51.7 Å². The maximum absolute atomic E-state index is 13.1. The van der Waals surface area contributed by atoms with Crippen LogP contribution in [0.4, 0.5) is 11.4 Å². The summed E-state index contributed by atoms with van der Waals surface area (Å²) in [5.74, 6) is 1.43. The number of benzene rings is 2. The highest BCUT2D eigenvalue weighted by molar-refractivity contribution is 8.18. The Morgan fingerprint density at radius 2 is 1.94 bits per heavy atom. The van der Waals surface area contributed by atoms with E-state index in [1.807, 2.05) is 12.1 Å². The molecule has 9 nitrogen and oxygen atoms in total. The standard InChI is InChI=1S/C24H21N3O6S/c1-31-13-12-26-23(28)22(34-24(26)25-17-6-8-19(32-2)9-7-17)15-20-10-11-21(33-20)16-4-3-5-18(14-16)27(29)30/h3-11,14-15H,12-13H2,1-2H3/b22-15-,25-24?. The van der Waals surface area contributed by atoms with Crippen molar-refractivity contribution in [2.24, 2.45) is 4.99 Å². The number of nitro benzene ring substituents is 1. The number of rotatable bonds is 8. The average molecular weight is 480 g/mol. The lowest BCUT2D eigenvalue weighted by molar-refractivity contribution is -0.384. The molecule has 10 heteroatoms. The summed E-state index contributed by atoms with van der Waals surface area (Å²) in [6.45, 7) is 0.713. The number of non-ortho nitro benzene ring substituents is 1. The molecule has 3 aromatic rings. The number of ether oxygens (including phenoxy) is 2. The van der Waals surface area contributed by atoms with Gasteiger partial charge in [-0.2, -0.15) is 0 Å². The monoisotopic (exact) mass is 479 g/mol. The third-order valence-corrected chi connectivity index (χ3v) is 5.95. The molecule has 1 amide bonds. The SMILES string of the molecule is COCCN1C(=O)/C(=C/c2ccc(-c3cccc([N+](=O)[O-])c3)o2)SC1=Nc1ccc(OC)cc1. The number of carbonyl (C=O) groups is 1. The maximum atomic E-state index is 13.1. The first-order valence-corrected chi connectivity index (χ1v) is 11.1. The van der Waals surface area contributed by atoms with E-state index in [9.17, 15) is 14.9 Å². The van der Waals surface area contributed by atoms with Gasteiger partial charge in [0, 0.05) is 30.9 Å². The molecule has 0 aliphatic carbocycles. The largest absolute Gasteiger partial charge is 0.497 e. The van der Waals surface area contributed by atoms with Gasteiger partial charge in [0.25, 0.3) is 11.6 Å². The van der Waals surface area contributed by atoms with Crippen LogP contribution in [0.25, 0.3) is 17.4 Å². The van der Waals surface area contributed by atoms with Crippen molar-refractivity contribution >= 4 is 40.3 Å². The van der Waals surface area contributed by atoms with Gasteiger partial charge in [0.15, 0.2) is 5.17 Å². The zero-order chi connectivity index (χ0) is 24.1. The third-order valence-electron chi connectivity index (χ3n) is 4.95. The number of hydrogen-bond donors (Lipinski definition) is 0. The van der Waals surface area contributed by atoms with Crippen LogP contribution in [-0.4, -0.2) is 48.3 Å². The number of aliphatic imine (C=N–C) groups is 1. The number of nitro groups is 1. The summed E-state index contributed by atoms with van der Waals surface area (Å²) in [4.78, 5) is 30.3. The second kappa shape index (κ2) is 10.4. The topological polar surface area (TPSA) is 107 Å². The van der Waals surface area contributed by atoms with Crippen LogP contribution in [0, 0.1) is 10.1 Å². The van der Waals surface area contributed by atoms with Gasteiger partial charge in [0.2, 0.25) is 0 Å². The maximum Gasteiger partial charge on any atom is 0.270 e. The number of carbonyl (C=O) groups excluding carboxylic acids is 1. The number of amidine groups is 1. The Hall–Kier alpha value is -3.89. The quantitative estimate of drug-likeness (QED) is 0.251. The van der Waals surface area contributed by atoms with Crippen LogP contribution in [0.1, 0.15) is 5.76 Å². The molecular formula is C24H21N3O6S. The van der Waals surface area contributed by atoms with Crippen molar-refractivity contribution in [1.29, 1.82) is 0 Å². The van der Waals surface area contributed by atoms with Gasteiger partial charge in [-0.25, -0.2) is 4.99 Å². The van der Waals surface area contributed by atoms with E-state index < -0.39 is 4.92 Å². The van der Waals surface area contributed by atoms with Gasteiger partial charge in [-0.3, -0.25) is 19.8 Å². The molecule has 1 aliphatic rings. The van der Waals surface area contributed by atoms with Crippen molar-refractivity contribution in [3.8, 4) is 17.1 Å². The van der Waals surface area contributed by atoms with Crippen LogP contribution < -0.4 is 4.74 Å². The molecule has 0 atom stereocenters. The molecule has 0 unspecified atom stereocenters. The number of methoxy groups -OCH3 is 2. The highest BCUT2D eigenvalue weighted by atomic mass is 32.2. The molecule has 34 heavy (non-hydrogen) atoms. The molecule has 0 N–H and O–H groups in total. The fourth-order valence-corrected chi connectivity index (χ4v) is 4.23. The van der Waals surface area contributed by atoms with Crippen LogP contribution in [0.15, 0.2) is 75.0 Å². The summed E-state index contributed by atoms with van der Waals surface area (Å²) in [5.41, 5.74) is 1.24. The van der Waals surface area contributed by atoms with Gasteiger partial charge >= 0.3 is 0 Å². The Morgan fingerprint density at radius 1 is 1.15 bits per heavy atom. The summed E-state index contributed by atoms with van der Waals surface area (Å²) in [6, 6.07) is 16.8. The van der Waals surface area contributed by atoms with Crippen molar-refractivity contribution < 1.29 is 23.6 Å². The first-order valence-electron chi connectivity index (χ1n) is 10.3. The minimum atomic E-state index is -0.457. The van der Waals surface area contributed by atoms with Crippen LogP contribution in [0.3, 0.4) is 0 Å². The third kappa shape index (κ3) is 5.19. The molecule has 0 saturated carbocycles. The molecule has 2 aromatic carbocycles. The Kier molecular flexibility index (Phi) is 7.09. The van der Waals surface area contributed by atoms with Gasteiger partial charge in [-0.1, -0.05) is 12.1 Å². The zero-order valence-corrected chi connectivity index (χ0v) is 19.3. The summed E-state index contributed by atoms with van der Waals surface area (Å²) in [5, 5.41) is 11.6. The number of furan rings is 1. The van der Waals surface area contributed by atoms with Gasteiger partial charge in [0.1, 0.15) is 17.3 Å². The Morgan fingerprint density at radius 3 is 2.65 bits per heavy atom. The molecule has 1 saturated heterocycles. The molecule has 2 heterocycles. The summed E-state index contributed by atoms with van der Waals surface area (Å²) < 4.78 is 16.2. The average Bonchev–Trinajstić information content (AvgIpc) is 3.43. The van der Waals surface area contributed by atoms with Crippen molar-refractivity contribution in [3.63, 3.8) is 0 Å². The predicted molar refractivity (Wildman–Crippen MR) is 130 cm³/mol. The van der Waals surface area contributed by atoms with E-state index in [2.05, 4.69) is 4.99 Å². The summed E-state index contributed by atoms with van der Waals surface area (Å²) in [7, 11) is 3.16. The molecular weight excluding hydrogens is 458 g/mol. The minimum Gasteiger partial charge on any atom is -0.497 e. The minimum absolute atomic E-state index is 0.0245. The van der Waals surface area contributed by atoms with Crippen LogP contribution in [0.2, 0.25) is 0 Å². The highest BCUT2D eigenvalue weighted by Crippen LogP contribution is 2.35. The smallest absolute Gasteiger partial charge is 0.270 e. The van der Waals surface area contributed by atoms with Crippen molar-refractivity contribution in [1.82, 2.24) is 4.90 Å². The first-order chi connectivity index (χ1) is 16.5. The Balaban J connectivity index is 1.60. The van der Waals surface area contributed by atoms with E-state index in [-0.39, 0.29) is 11.6 Å². The Labute approximate surface area is 199 Å². The predicted octanol–water partition coefficient (Wildman–Crippen LogP) is 5.11. The van der Waals surface area contributed by atoms with E-state index in [1.54, 1.807) is 61.6 Å². The fraction of sp³-hybridized carbons (Fsp3) is 0.167. The number of nitrogens with zero attached hydrogens (tertiary/aromatic N) is 3. The molecule has 1 fully saturated rings. The number of hydrogen-bond acceptors (Lipinski definition) is 8. The lowest BCUT2D eigenvalue weighted by Crippen LogP contribution is -2.32. The summed E-state index contributed by atoms with van der Waals surface area (Å²) in [6.07, 6.45) is 1.64. The second-order valence-electron chi connectivity index (χ2n) is 7.16. The molecule has 174 valence electrons. The number of amides is 1. The number of thioether (sulfide) groups is 1. The van der Waals surface area contributed by atoms with E-state index in [0.717, 1.165) is 0 Å². The van der Waals surface area contributed by atoms with Gasteiger partial charge < -0.3 is 13.9 Å². The lowest BCUT2D eigenvalue weighted by Gasteiger charge is -2.14. The first kappa shape index (κ1) is 23.3. The van der Waals surface area contributed by atoms with E-state index >= 15 is 0 Å². The van der Waals surface area contributed by atoms with Crippen LogP contribution in [-0.2, 0) is 9.53 Å². The van der Waals surface area contributed by atoms with Crippen molar-refractivity contribution in [3.05, 3.63) is 81.4 Å². The highest BCUT2D eigenvalue weighted by Gasteiger charge is 2.33. The molecule has 0 radical (unpaired) electrons. The molecule has 1 aromatic heterocycles. The normalized spacial score (nSPS) is 15.9. The lowest BCUT2D eigenvalue weighted by atomic mass is 10.1. The molecule has 0 bridgehead atoms. The van der Waals surface area contributed by atoms with Crippen LogP contribution >= 0.6 is 11.8 Å². The molecule has 0 spiro atoms. The van der Waals surface area contributed by atoms with Crippen LogP contribution in [0.5, 0.6) is 5.75 Å².